The highest BCUT2D eigenvalue weighted by Crippen LogP contribution is 2.31. The van der Waals surface area contributed by atoms with Gasteiger partial charge in [-0.25, -0.2) is 4.39 Å². The van der Waals surface area contributed by atoms with Gasteiger partial charge in [-0.15, -0.1) is 11.6 Å². The predicted octanol–water partition coefficient (Wildman–Crippen LogP) is 5.77. The van der Waals surface area contributed by atoms with Gasteiger partial charge in [-0.2, -0.15) is 0 Å². The molecule has 0 bridgehead atoms. The lowest BCUT2D eigenvalue weighted by Gasteiger charge is -2.37. The van der Waals surface area contributed by atoms with Crippen molar-refractivity contribution in [2.24, 2.45) is 11.8 Å². The molecule has 4 nitrogen and oxygen atoms in total. The Hall–Kier alpha value is -1.88. The molecule has 0 unspecified atom stereocenters. The van der Waals surface area contributed by atoms with Crippen molar-refractivity contribution < 1.29 is 14.0 Å². The van der Waals surface area contributed by atoms with E-state index in [4.69, 9.17) is 11.6 Å². The number of allylic oxidation sites excluding steroid dienone is 1. The van der Waals surface area contributed by atoms with E-state index in [0.29, 0.717) is 23.9 Å². The fourth-order valence-corrected chi connectivity index (χ4v) is 5.19. The number of rotatable bonds is 8. The van der Waals surface area contributed by atoms with Crippen molar-refractivity contribution >= 4 is 23.4 Å². The van der Waals surface area contributed by atoms with Gasteiger partial charge in [-0.05, 0) is 68.1 Å². The number of nitrogens with zero attached hydrogens (tertiary/aromatic N) is 1. The van der Waals surface area contributed by atoms with Gasteiger partial charge in [0.05, 0.1) is 0 Å². The molecule has 0 aromatic heterocycles. The lowest BCUT2D eigenvalue weighted by Crippen LogP contribution is -2.50. The minimum Gasteiger partial charge on any atom is -0.351 e. The zero-order valence-corrected chi connectivity index (χ0v) is 20.0. The van der Waals surface area contributed by atoms with Gasteiger partial charge < -0.3 is 10.2 Å². The molecule has 2 aliphatic rings. The van der Waals surface area contributed by atoms with E-state index in [9.17, 15) is 14.0 Å². The summed E-state index contributed by atoms with van der Waals surface area (Å²) in [5, 5.41) is 3.23. The zero-order chi connectivity index (χ0) is 23.1. The van der Waals surface area contributed by atoms with Gasteiger partial charge in [-0.1, -0.05) is 50.5 Å². The first-order valence-corrected chi connectivity index (χ1v) is 12.5. The summed E-state index contributed by atoms with van der Waals surface area (Å²) in [7, 11) is 0. The minimum atomic E-state index is -0.824. The molecule has 1 aromatic carbocycles. The summed E-state index contributed by atoms with van der Waals surface area (Å²) < 4.78 is 13.6. The predicted molar refractivity (Wildman–Crippen MR) is 127 cm³/mol. The maximum atomic E-state index is 13.6. The van der Waals surface area contributed by atoms with E-state index in [1.807, 2.05) is 0 Å². The number of amides is 2. The van der Waals surface area contributed by atoms with Gasteiger partial charge >= 0.3 is 0 Å². The average molecular weight is 463 g/mol. The fraction of sp³-hybridized carbons (Fsp3) is 0.615. The second-order valence-electron chi connectivity index (χ2n) is 9.42. The second-order valence-corrected chi connectivity index (χ2v) is 9.68. The maximum absolute atomic E-state index is 13.6. The van der Waals surface area contributed by atoms with Crippen LogP contribution < -0.4 is 5.32 Å². The van der Waals surface area contributed by atoms with Gasteiger partial charge in [0.15, 0.2) is 0 Å². The topological polar surface area (TPSA) is 49.4 Å². The number of hydrogen-bond donors (Lipinski definition) is 1. The Labute approximate surface area is 196 Å². The number of benzene rings is 1. The number of nitrogens with one attached hydrogen (secondary N) is 1. The highest BCUT2D eigenvalue weighted by molar-refractivity contribution is 6.27. The van der Waals surface area contributed by atoms with Crippen LogP contribution >= 0.6 is 11.6 Å². The van der Waals surface area contributed by atoms with E-state index in [2.05, 4.69) is 25.2 Å². The number of hydrogen-bond acceptors (Lipinski definition) is 2. The highest BCUT2D eigenvalue weighted by atomic mass is 35.5. The fourth-order valence-electron chi connectivity index (χ4n) is 5.04. The molecule has 1 fully saturated rings. The van der Waals surface area contributed by atoms with Crippen LogP contribution in [0, 0.1) is 17.7 Å². The van der Waals surface area contributed by atoms with Crippen LogP contribution in [0.5, 0.6) is 0 Å². The van der Waals surface area contributed by atoms with E-state index in [1.165, 1.54) is 30.5 Å². The molecule has 0 heterocycles. The number of carbonyl (C=O) groups is 2. The quantitative estimate of drug-likeness (QED) is 0.394. The summed E-state index contributed by atoms with van der Waals surface area (Å²) in [5.41, 5.74) is 1.94. The summed E-state index contributed by atoms with van der Waals surface area (Å²) in [6, 6.07) is 5.13. The molecule has 1 saturated carbocycles. The average Bonchev–Trinajstić information content (AvgIpc) is 2.80. The van der Waals surface area contributed by atoms with Crippen molar-refractivity contribution in [2.75, 3.05) is 12.4 Å². The minimum absolute atomic E-state index is 0.0724. The van der Waals surface area contributed by atoms with Gasteiger partial charge in [-0.3, -0.25) is 9.59 Å². The van der Waals surface area contributed by atoms with Crippen molar-refractivity contribution in [2.45, 2.75) is 77.3 Å². The van der Waals surface area contributed by atoms with Gasteiger partial charge in [0.1, 0.15) is 17.7 Å². The molecule has 0 saturated heterocycles. The summed E-state index contributed by atoms with van der Waals surface area (Å²) in [6.07, 6.45) is 10.6. The van der Waals surface area contributed by atoms with E-state index in [1.54, 1.807) is 17.0 Å². The Bertz CT molecular complexity index is 811. The first-order valence-electron chi connectivity index (χ1n) is 12.0. The monoisotopic (exact) mass is 462 g/mol. The standard InChI is InChI=1S/C26H36ClFN2O2/c1-18-7-6-10-23(19(18)2)29-26(32)25(21-11-13-22(28)14-12-21)30(24(31)17-27)16-15-20-8-4-3-5-9-20/h8,11-14,18-19,23,25H,3-7,9-10,15-17H2,1-2H3,(H,29,32)/t18-,19+,23+,25-/m1/s1. The molecule has 0 radical (unpaired) electrons. The van der Waals surface area contributed by atoms with Crippen LogP contribution in [0.3, 0.4) is 0 Å². The smallest absolute Gasteiger partial charge is 0.247 e. The van der Waals surface area contributed by atoms with E-state index < -0.39 is 6.04 Å². The third-order valence-electron chi connectivity index (χ3n) is 7.27. The molecule has 0 spiro atoms. The summed E-state index contributed by atoms with van der Waals surface area (Å²) in [5.74, 6) is -0.147. The molecule has 3 rings (SSSR count). The first kappa shape index (κ1) is 24.8. The molecule has 2 amide bonds. The van der Waals surface area contributed by atoms with Crippen LogP contribution in [0.1, 0.15) is 76.8 Å². The Kier molecular flexibility index (Phi) is 9.15. The highest BCUT2D eigenvalue weighted by Gasteiger charge is 2.35. The number of carbonyl (C=O) groups excluding carboxylic acids is 2. The van der Waals surface area contributed by atoms with Gasteiger partial charge in [0.25, 0.3) is 0 Å². The van der Waals surface area contributed by atoms with Crippen LogP contribution in [-0.2, 0) is 9.59 Å². The van der Waals surface area contributed by atoms with Crippen molar-refractivity contribution in [3.63, 3.8) is 0 Å². The Balaban J connectivity index is 1.85. The van der Waals surface area contributed by atoms with Crippen molar-refractivity contribution in [1.29, 1.82) is 0 Å². The Morgan fingerprint density at radius 1 is 1.16 bits per heavy atom. The summed E-state index contributed by atoms with van der Waals surface area (Å²) >= 11 is 5.97. The second kappa shape index (κ2) is 11.8. The van der Waals surface area contributed by atoms with Gasteiger partial charge in [0.2, 0.25) is 11.8 Å². The maximum Gasteiger partial charge on any atom is 0.247 e. The van der Waals surface area contributed by atoms with Crippen molar-refractivity contribution in [3.8, 4) is 0 Å². The Morgan fingerprint density at radius 2 is 1.91 bits per heavy atom. The van der Waals surface area contributed by atoms with E-state index in [0.717, 1.165) is 38.5 Å². The zero-order valence-electron chi connectivity index (χ0n) is 19.3. The largest absolute Gasteiger partial charge is 0.351 e. The van der Waals surface area contributed by atoms with Gasteiger partial charge in [0, 0.05) is 12.6 Å². The molecule has 32 heavy (non-hydrogen) atoms. The summed E-state index contributed by atoms with van der Waals surface area (Å²) in [6.45, 7) is 4.82. The van der Waals surface area contributed by atoms with E-state index >= 15 is 0 Å². The number of alkyl halides is 1. The van der Waals surface area contributed by atoms with Crippen LogP contribution in [0.25, 0.3) is 0 Å². The van der Waals surface area contributed by atoms with Crippen LogP contribution in [0.4, 0.5) is 4.39 Å². The molecular formula is C26H36ClFN2O2. The summed E-state index contributed by atoms with van der Waals surface area (Å²) in [4.78, 5) is 28.1. The SMILES string of the molecule is C[C@H]1[C@H](C)CCC[C@@H]1NC(=O)[C@@H](c1ccc(F)cc1)N(CCC1=CCCCC1)C(=O)CCl. The van der Waals surface area contributed by atoms with Crippen molar-refractivity contribution in [3.05, 3.63) is 47.3 Å². The molecule has 1 N–H and O–H groups in total. The molecule has 2 aliphatic carbocycles. The molecule has 6 heteroatoms. The third-order valence-corrected chi connectivity index (χ3v) is 7.50. The first-order chi connectivity index (χ1) is 15.4. The molecule has 0 aliphatic heterocycles. The Morgan fingerprint density at radius 3 is 2.56 bits per heavy atom. The van der Waals surface area contributed by atoms with Crippen LogP contribution in [0.15, 0.2) is 35.9 Å². The molecule has 4 atom stereocenters. The third kappa shape index (κ3) is 6.34. The molecule has 1 aromatic rings. The molecular weight excluding hydrogens is 427 g/mol. The lowest BCUT2D eigenvalue weighted by atomic mass is 9.78. The van der Waals surface area contributed by atoms with Crippen LogP contribution in [0.2, 0.25) is 0 Å². The molecule has 176 valence electrons. The van der Waals surface area contributed by atoms with Crippen LogP contribution in [-0.4, -0.2) is 35.2 Å². The normalized spacial score (nSPS) is 24.4. The lowest BCUT2D eigenvalue weighted by molar-refractivity contribution is -0.139. The van der Waals surface area contributed by atoms with E-state index in [-0.39, 0.29) is 29.6 Å². The number of halogens is 2. The van der Waals surface area contributed by atoms with Crippen molar-refractivity contribution in [1.82, 2.24) is 10.2 Å².